The van der Waals surface area contributed by atoms with E-state index in [4.69, 9.17) is 0 Å². The minimum atomic E-state index is -0.145. The first kappa shape index (κ1) is 14.8. The molecule has 0 saturated carbocycles. The number of nitrogens with zero attached hydrogens (tertiary/aromatic N) is 1. The molecule has 0 aromatic rings. The molecule has 0 aromatic heterocycles. The van der Waals surface area contributed by atoms with Crippen LogP contribution in [0.25, 0.3) is 0 Å². The van der Waals surface area contributed by atoms with E-state index in [9.17, 15) is 4.79 Å². The zero-order valence-corrected chi connectivity index (χ0v) is 13.0. The third-order valence-corrected chi connectivity index (χ3v) is 4.52. The Bertz CT molecular complexity index is 323. The summed E-state index contributed by atoms with van der Waals surface area (Å²) in [6, 6.07) is 1.79. The fourth-order valence-corrected chi connectivity index (χ4v) is 3.69. The summed E-state index contributed by atoms with van der Waals surface area (Å²) in [5.41, 5.74) is -0.145. The maximum atomic E-state index is 12.4. The van der Waals surface area contributed by atoms with Crippen molar-refractivity contribution >= 4 is 5.91 Å². The lowest BCUT2D eigenvalue weighted by Gasteiger charge is -2.42. The summed E-state index contributed by atoms with van der Waals surface area (Å²) in [6.45, 7) is 8.19. The lowest BCUT2D eigenvalue weighted by atomic mass is 9.95. The molecular weight excluding hydrogens is 238 g/mol. The van der Waals surface area contributed by atoms with Gasteiger partial charge >= 0.3 is 0 Å². The number of hydrogen-bond donors (Lipinski definition) is 2. The molecule has 2 fully saturated rings. The minimum Gasteiger partial charge on any atom is -0.350 e. The predicted molar refractivity (Wildman–Crippen MR) is 78.1 cm³/mol. The van der Waals surface area contributed by atoms with E-state index in [2.05, 4.69) is 29.5 Å². The Kier molecular flexibility index (Phi) is 4.21. The molecule has 19 heavy (non-hydrogen) atoms. The summed E-state index contributed by atoms with van der Waals surface area (Å²) in [6.07, 6.45) is 4.85. The van der Waals surface area contributed by atoms with E-state index in [1.54, 1.807) is 0 Å². The number of carbonyl (C=O) groups is 1. The van der Waals surface area contributed by atoms with Gasteiger partial charge in [0, 0.05) is 23.7 Å². The van der Waals surface area contributed by atoms with Crippen LogP contribution in [-0.4, -0.2) is 47.6 Å². The quantitative estimate of drug-likeness (QED) is 0.814. The number of nitrogens with one attached hydrogen (secondary N) is 2. The van der Waals surface area contributed by atoms with Gasteiger partial charge in [0.2, 0.25) is 5.91 Å². The Labute approximate surface area is 117 Å². The van der Waals surface area contributed by atoms with Crippen LogP contribution < -0.4 is 10.6 Å². The van der Waals surface area contributed by atoms with Crippen molar-refractivity contribution in [3.8, 4) is 0 Å². The number of piperidine rings is 1. The first-order valence-electron chi connectivity index (χ1n) is 7.58. The average Bonchev–Trinajstić information content (AvgIpc) is 2.56. The van der Waals surface area contributed by atoms with Crippen LogP contribution >= 0.6 is 0 Å². The summed E-state index contributed by atoms with van der Waals surface area (Å²) in [5, 5.41) is 6.52. The van der Waals surface area contributed by atoms with Gasteiger partial charge in [0.1, 0.15) is 0 Å². The Hall–Kier alpha value is -0.610. The molecule has 4 nitrogen and oxygen atoms in total. The highest BCUT2D eigenvalue weighted by molar-refractivity contribution is 5.82. The van der Waals surface area contributed by atoms with Crippen LogP contribution in [0.2, 0.25) is 0 Å². The molecule has 0 radical (unpaired) electrons. The van der Waals surface area contributed by atoms with Crippen LogP contribution in [-0.2, 0) is 4.79 Å². The molecule has 0 aromatic carbocycles. The van der Waals surface area contributed by atoms with E-state index in [0.29, 0.717) is 18.1 Å². The van der Waals surface area contributed by atoms with Crippen molar-refractivity contribution in [2.24, 2.45) is 0 Å². The van der Waals surface area contributed by atoms with Gasteiger partial charge in [-0.15, -0.1) is 0 Å². The molecule has 2 N–H and O–H groups in total. The Morgan fingerprint density at radius 1 is 1.21 bits per heavy atom. The van der Waals surface area contributed by atoms with Gasteiger partial charge in [-0.25, -0.2) is 0 Å². The van der Waals surface area contributed by atoms with Gasteiger partial charge in [-0.2, -0.15) is 0 Å². The Balaban J connectivity index is 2.01. The zero-order chi connectivity index (χ0) is 14.2. The second-order valence-electron chi connectivity index (χ2n) is 7.20. The van der Waals surface area contributed by atoms with Crippen molar-refractivity contribution in [1.82, 2.24) is 15.5 Å². The van der Waals surface area contributed by atoms with E-state index < -0.39 is 0 Å². The fraction of sp³-hybridized carbons (Fsp3) is 0.933. The fourth-order valence-electron chi connectivity index (χ4n) is 3.69. The van der Waals surface area contributed by atoms with Crippen molar-refractivity contribution in [2.75, 3.05) is 7.05 Å². The predicted octanol–water partition coefficient (Wildman–Crippen LogP) is 1.50. The lowest BCUT2D eigenvalue weighted by molar-refractivity contribution is -0.129. The van der Waals surface area contributed by atoms with Crippen LogP contribution in [0.15, 0.2) is 0 Å². The summed E-state index contributed by atoms with van der Waals surface area (Å²) in [5.74, 6) is 0.173. The molecule has 110 valence electrons. The number of hydrogen-bond acceptors (Lipinski definition) is 3. The minimum absolute atomic E-state index is 0.00506. The molecule has 2 aliphatic rings. The van der Waals surface area contributed by atoms with Gasteiger partial charge in [0.25, 0.3) is 0 Å². The molecule has 0 spiro atoms. The maximum absolute atomic E-state index is 12.4. The van der Waals surface area contributed by atoms with Crippen LogP contribution in [0.4, 0.5) is 0 Å². The molecule has 3 unspecified atom stereocenters. The maximum Gasteiger partial charge on any atom is 0.237 e. The monoisotopic (exact) mass is 267 g/mol. The molecule has 2 saturated heterocycles. The van der Waals surface area contributed by atoms with Crippen molar-refractivity contribution < 1.29 is 4.79 Å². The number of fused-ring (bicyclic) bond motifs is 2. The molecule has 2 heterocycles. The van der Waals surface area contributed by atoms with Crippen molar-refractivity contribution in [3.05, 3.63) is 0 Å². The van der Waals surface area contributed by atoms with Gasteiger partial charge in [-0.05, 0) is 60.4 Å². The van der Waals surface area contributed by atoms with Gasteiger partial charge in [-0.1, -0.05) is 0 Å². The molecule has 2 bridgehead atoms. The molecule has 4 heteroatoms. The normalized spacial score (nSPS) is 33.2. The summed E-state index contributed by atoms with van der Waals surface area (Å²) in [7, 11) is 2.05. The molecule has 2 aliphatic heterocycles. The first-order valence-corrected chi connectivity index (χ1v) is 7.58. The molecule has 0 aliphatic carbocycles. The number of amides is 1. The summed E-state index contributed by atoms with van der Waals surface area (Å²) >= 11 is 0. The largest absolute Gasteiger partial charge is 0.350 e. The van der Waals surface area contributed by atoms with Crippen LogP contribution in [0.5, 0.6) is 0 Å². The molecule has 3 atom stereocenters. The van der Waals surface area contributed by atoms with Gasteiger partial charge in [-0.3, -0.25) is 9.69 Å². The van der Waals surface area contributed by atoms with E-state index in [1.165, 1.54) is 25.7 Å². The number of rotatable bonds is 3. The van der Waals surface area contributed by atoms with Gasteiger partial charge in [0.05, 0.1) is 6.04 Å². The highest BCUT2D eigenvalue weighted by atomic mass is 16.2. The zero-order valence-electron chi connectivity index (χ0n) is 13.0. The number of carbonyl (C=O) groups excluding carboxylic acids is 1. The highest BCUT2D eigenvalue weighted by Gasteiger charge is 2.44. The second kappa shape index (κ2) is 5.41. The van der Waals surface area contributed by atoms with E-state index in [1.807, 2.05) is 20.8 Å². The first-order chi connectivity index (χ1) is 8.81. The van der Waals surface area contributed by atoms with Crippen molar-refractivity contribution in [2.45, 2.75) is 83.1 Å². The van der Waals surface area contributed by atoms with Gasteiger partial charge < -0.3 is 10.6 Å². The van der Waals surface area contributed by atoms with Crippen molar-refractivity contribution in [1.29, 1.82) is 0 Å². The molecular formula is C15H29N3O. The Morgan fingerprint density at radius 3 is 2.16 bits per heavy atom. The van der Waals surface area contributed by atoms with E-state index in [0.717, 1.165) is 0 Å². The standard InChI is InChI=1S/C15H29N3O/c1-10(14(19)17-15(2,3)4)18-12-6-7-13(18)9-11(8-12)16-5/h10-13,16H,6-9H2,1-5H3,(H,17,19). The molecule has 2 rings (SSSR count). The van der Waals surface area contributed by atoms with Crippen molar-refractivity contribution in [3.63, 3.8) is 0 Å². The van der Waals surface area contributed by atoms with Gasteiger partial charge in [0.15, 0.2) is 0 Å². The third-order valence-electron chi connectivity index (χ3n) is 4.52. The van der Waals surface area contributed by atoms with E-state index in [-0.39, 0.29) is 17.5 Å². The van der Waals surface area contributed by atoms with Crippen LogP contribution in [0.1, 0.15) is 53.4 Å². The highest BCUT2D eigenvalue weighted by Crippen LogP contribution is 2.37. The molecule has 1 amide bonds. The average molecular weight is 267 g/mol. The lowest BCUT2D eigenvalue weighted by Crippen LogP contribution is -2.57. The summed E-state index contributed by atoms with van der Waals surface area (Å²) < 4.78 is 0. The topological polar surface area (TPSA) is 44.4 Å². The SMILES string of the molecule is CNC1CC2CCC(C1)N2C(C)C(=O)NC(C)(C)C. The second-order valence-corrected chi connectivity index (χ2v) is 7.20. The smallest absolute Gasteiger partial charge is 0.237 e. The third kappa shape index (κ3) is 3.29. The summed E-state index contributed by atoms with van der Waals surface area (Å²) in [4.78, 5) is 14.8. The van der Waals surface area contributed by atoms with Crippen LogP contribution in [0.3, 0.4) is 0 Å². The van der Waals surface area contributed by atoms with Crippen LogP contribution in [0, 0.1) is 0 Å². The Morgan fingerprint density at radius 2 is 1.74 bits per heavy atom. The van der Waals surface area contributed by atoms with E-state index >= 15 is 0 Å².